The van der Waals surface area contributed by atoms with E-state index in [0.717, 1.165) is 37.3 Å². The van der Waals surface area contributed by atoms with Crippen LogP contribution in [0.5, 0.6) is 5.88 Å². The van der Waals surface area contributed by atoms with Crippen LogP contribution in [-0.2, 0) is 0 Å². The van der Waals surface area contributed by atoms with Crippen LogP contribution in [-0.4, -0.2) is 53.4 Å². The molecule has 4 rings (SSSR count). The average molecular weight is 394 g/mol. The summed E-state index contributed by atoms with van der Waals surface area (Å²) in [5.74, 6) is -0.354. The Balaban J connectivity index is 1.45. The fourth-order valence-corrected chi connectivity index (χ4v) is 3.88. The van der Waals surface area contributed by atoms with Gasteiger partial charge in [0.25, 0.3) is 0 Å². The SMILES string of the molecule is CCC(C)N1CCN(c2ccc(N=Cc3c(O)[nH]c4cc(F)ccc34)cc2)CC1. The molecule has 6 heteroatoms. The van der Waals surface area contributed by atoms with E-state index in [1.165, 1.54) is 24.2 Å². The Labute approximate surface area is 170 Å². The summed E-state index contributed by atoms with van der Waals surface area (Å²) in [4.78, 5) is 12.2. The van der Waals surface area contributed by atoms with Gasteiger partial charge in [-0.25, -0.2) is 4.39 Å². The van der Waals surface area contributed by atoms with Crippen molar-refractivity contribution in [3.63, 3.8) is 0 Å². The number of nitrogens with one attached hydrogen (secondary N) is 1. The van der Waals surface area contributed by atoms with Gasteiger partial charge < -0.3 is 15.0 Å². The second-order valence-corrected chi connectivity index (χ2v) is 7.63. The number of H-pyrrole nitrogens is 1. The van der Waals surface area contributed by atoms with E-state index in [4.69, 9.17) is 0 Å². The van der Waals surface area contributed by atoms with Crippen LogP contribution in [0.15, 0.2) is 47.5 Å². The molecule has 0 radical (unpaired) electrons. The van der Waals surface area contributed by atoms with Gasteiger partial charge >= 0.3 is 0 Å². The summed E-state index contributed by atoms with van der Waals surface area (Å²) in [6, 6.07) is 13.2. The number of anilines is 1. The van der Waals surface area contributed by atoms with E-state index < -0.39 is 0 Å². The highest BCUT2D eigenvalue weighted by atomic mass is 19.1. The van der Waals surface area contributed by atoms with E-state index in [1.54, 1.807) is 12.3 Å². The van der Waals surface area contributed by atoms with Crippen LogP contribution in [0.4, 0.5) is 15.8 Å². The maximum Gasteiger partial charge on any atom is 0.198 e. The van der Waals surface area contributed by atoms with Gasteiger partial charge in [-0.3, -0.25) is 9.89 Å². The van der Waals surface area contributed by atoms with E-state index in [9.17, 15) is 9.50 Å². The van der Waals surface area contributed by atoms with Crippen molar-refractivity contribution in [3.8, 4) is 5.88 Å². The molecular weight excluding hydrogens is 367 g/mol. The topological polar surface area (TPSA) is 54.9 Å². The number of nitrogens with zero attached hydrogens (tertiary/aromatic N) is 3. The van der Waals surface area contributed by atoms with E-state index in [1.807, 2.05) is 12.1 Å². The summed E-state index contributed by atoms with van der Waals surface area (Å²) in [5, 5.41) is 10.9. The molecule has 29 heavy (non-hydrogen) atoms. The van der Waals surface area contributed by atoms with Gasteiger partial charge in [-0.05, 0) is 55.8 Å². The maximum atomic E-state index is 13.4. The zero-order chi connectivity index (χ0) is 20.4. The lowest BCUT2D eigenvalue weighted by atomic mass is 10.1. The van der Waals surface area contributed by atoms with Crippen LogP contribution in [0, 0.1) is 5.82 Å². The van der Waals surface area contributed by atoms with Crippen LogP contribution in [0.1, 0.15) is 25.8 Å². The first kappa shape index (κ1) is 19.5. The first-order valence-electron chi connectivity index (χ1n) is 10.2. The van der Waals surface area contributed by atoms with Gasteiger partial charge in [-0.15, -0.1) is 0 Å². The van der Waals surface area contributed by atoms with Gasteiger partial charge in [-0.2, -0.15) is 0 Å². The minimum atomic E-state index is -0.345. The van der Waals surface area contributed by atoms with Crippen molar-refractivity contribution >= 4 is 28.5 Å². The first-order valence-corrected chi connectivity index (χ1v) is 10.2. The Morgan fingerprint density at radius 1 is 1.14 bits per heavy atom. The molecule has 3 aromatic rings. The molecule has 0 amide bonds. The Kier molecular flexibility index (Phi) is 5.53. The van der Waals surface area contributed by atoms with Crippen LogP contribution in [0.3, 0.4) is 0 Å². The zero-order valence-electron chi connectivity index (χ0n) is 16.9. The lowest BCUT2D eigenvalue weighted by molar-refractivity contribution is 0.193. The number of hydrogen-bond donors (Lipinski definition) is 2. The molecule has 1 fully saturated rings. The number of halogens is 1. The Morgan fingerprint density at radius 2 is 1.86 bits per heavy atom. The summed E-state index contributed by atoms with van der Waals surface area (Å²) in [6.45, 7) is 8.79. The zero-order valence-corrected chi connectivity index (χ0v) is 16.9. The summed E-state index contributed by atoms with van der Waals surface area (Å²) in [5.41, 5.74) is 3.13. The highest BCUT2D eigenvalue weighted by molar-refractivity contribution is 6.02. The van der Waals surface area contributed by atoms with Crippen molar-refractivity contribution in [1.82, 2.24) is 9.88 Å². The van der Waals surface area contributed by atoms with Crippen molar-refractivity contribution in [3.05, 3.63) is 53.8 Å². The van der Waals surface area contributed by atoms with Crippen molar-refractivity contribution in [2.45, 2.75) is 26.3 Å². The van der Waals surface area contributed by atoms with Crippen molar-refractivity contribution in [2.75, 3.05) is 31.1 Å². The third-order valence-electron chi connectivity index (χ3n) is 5.87. The number of aromatic hydroxyl groups is 1. The first-order chi connectivity index (χ1) is 14.0. The van der Waals surface area contributed by atoms with E-state index in [0.29, 0.717) is 17.1 Å². The summed E-state index contributed by atoms with van der Waals surface area (Å²) >= 11 is 0. The molecule has 152 valence electrons. The molecule has 2 N–H and O–H groups in total. The standard InChI is InChI=1S/C23H27FN4O/c1-3-16(2)27-10-12-28(13-11-27)19-7-5-18(6-8-19)25-15-21-20-9-4-17(24)14-22(20)26-23(21)29/h4-9,14-16,26,29H,3,10-13H2,1-2H3. The highest BCUT2D eigenvalue weighted by Gasteiger charge is 2.20. The number of aromatic amines is 1. The van der Waals surface area contributed by atoms with Crippen molar-refractivity contribution in [1.29, 1.82) is 0 Å². The van der Waals surface area contributed by atoms with Gasteiger partial charge in [0.15, 0.2) is 5.88 Å². The molecule has 0 bridgehead atoms. The van der Waals surface area contributed by atoms with Crippen molar-refractivity contribution in [2.24, 2.45) is 4.99 Å². The number of fused-ring (bicyclic) bond motifs is 1. The lowest BCUT2D eigenvalue weighted by Gasteiger charge is -2.39. The predicted molar refractivity (Wildman–Crippen MR) is 117 cm³/mol. The average Bonchev–Trinajstić information content (AvgIpc) is 3.06. The quantitative estimate of drug-likeness (QED) is 0.618. The Morgan fingerprint density at radius 3 is 2.55 bits per heavy atom. The summed E-state index contributed by atoms with van der Waals surface area (Å²) in [6.07, 6.45) is 2.81. The molecule has 1 aromatic heterocycles. The van der Waals surface area contributed by atoms with Crippen LogP contribution >= 0.6 is 0 Å². The highest BCUT2D eigenvalue weighted by Crippen LogP contribution is 2.27. The molecule has 2 heterocycles. The van der Waals surface area contributed by atoms with Crippen LogP contribution in [0.25, 0.3) is 10.9 Å². The van der Waals surface area contributed by atoms with Crippen LogP contribution < -0.4 is 4.90 Å². The minimum absolute atomic E-state index is 0.00912. The van der Waals surface area contributed by atoms with Gasteiger partial charge in [0.1, 0.15) is 5.82 Å². The van der Waals surface area contributed by atoms with E-state index in [2.05, 4.69) is 45.8 Å². The molecular formula is C23H27FN4O. The molecule has 1 unspecified atom stereocenters. The number of hydrogen-bond acceptors (Lipinski definition) is 4. The molecule has 0 saturated carbocycles. The third kappa shape index (κ3) is 4.12. The normalized spacial score (nSPS) is 16.7. The maximum absolute atomic E-state index is 13.4. The summed E-state index contributed by atoms with van der Waals surface area (Å²) in [7, 11) is 0. The number of benzene rings is 2. The fraction of sp³-hybridized carbons (Fsp3) is 0.348. The van der Waals surface area contributed by atoms with Crippen LogP contribution in [0.2, 0.25) is 0 Å². The van der Waals surface area contributed by atoms with Gasteiger partial charge in [0.05, 0.1) is 16.8 Å². The summed E-state index contributed by atoms with van der Waals surface area (Å²) < 4.78 is 13.4. The molecule has 0 aliphatic carbocycles. The molecule has 1 saturated heterocycles. The molecule has 1 atom stereocenters. The number of aliphatic imine (C=N–C) groups is 1. The second kappa shape index (κ2) is 8.25. The number of rotatable bonds is 5. The van der Waals surface area contributed by atoms with E-state index >= 15 is 0 Å². The smallest absolute Gasteiger partial charge is 0.198 e. The Hall–Kier alpha value is -2.86. The molecule has 2 aromatic carbocycles. The lowest BCUT2D eigenvalue weighted by Crippen LogP contribution is -2.49. The number of piperazine rings is 1. The second-order valence-electron chi connectivity index (χ2n) is 7.63. The largest absolute Gasteiger partial charge is 0.494 e. The number of aromatic nitrogens is 1. The van der Waals surface area contributed by atoms with Gasteiger partial charge in [0.2, 0.25) is 0 Å². The van der Waals surface area contributed by atoms with E-state index in [-0.39, 0.29) is 11.7 Å². The fourth-order valence-electron chi connectivity index (χ4n) is 3.88. The third-order valence-corrected chi connectivity index (χ3v) is 5.87. The molecule has 5 nitrogen and oxygen atoms in total. The van der Waals surface area contributed by atoms with Crippen molar-refractivity contribution < 1.29 is 9.50 Å². The Bertz CT molecular complexity index is 1000. The van der Waals surface area contributed by atoms with Gasteiger partial charge in [0, 0.05) is 49.5 Å². The predicted octanol–water partition coefficient (Wildman–Crippen LogP) is 4.68. The molecule has 1 aliphatic heterocycles. The van der Waals surface area contributed by atoms with Gasteiger partial charge in [-0.1, -0.05) is 6.92 Å². The minimum Gasteiger partial charge on any atom is -0.494 e. The monoisotopic (exact) mass is 394 g/mol. The molecule has 0 spiro atoms. The molecule has 1 aliphatic rings.